The zero-order chi connectivity index (χ0) is 19.7. The molecule has 5 heteroatoms. The van der Waals surface area contributed by atoms with E-state index in [4.69, 9.17) is 4.74 Å². The Hall–Kier alpha value is -3.08. The molecule has 1 fully saturated rings. The molecule has 144 valence electrons. The Kier molecular flexibility index (Phi) is 4.90. The molecule has 0 radical (unpaired) electrons. The van der Waals surface area contributed by atoms with Gasteiger partial charge in [0.1, 0.15) is 12.6 Å². The van der Waals surface area contributed by atoms with Crippen molar-refractivity contribution in [3.63, 3.8) is 0 Å². The predicted molar refractivity (Wildman–Crippen MR) is 106 cm³/mol. The first-order valence-electron chi connectivity index (χ1n) is 9.55. The first-order chi connectivity index (χ1) is 13.6. The monoisotopic (exact) mass is 377 g/mol. The number of carbonyl (C=O) groups is 2. The summed E-state index contributed by atoms with van der Waals surface area (Å²) < 4.78 is 5.63. The van der Waals surface area contributed by atoms with Crippen LogP contribution in [0, 0.1) is 5.92 Å². The smallest absolute Gasteiger partial charge is 0.410 e. The van der Waals surface area contributed by atoms with E-state index in [1.807, 2.05) is 24.3 Å². The third-order valence-corrected chi connectivity index (χ3v) is 5.74. The van der Waals surface area contributed by atoms with Gasteiger partial charge in [0, 0.05) is 12.5 Å². The van der Waals surface area contributed by atoms with E-state index in [-0.39, 0.29) is 18.4 Å². The summed E-state index contributed by atoms with van der Waals surface area (Å²) in [7, 11) is 0. The van der Waals surface area contributed by atoms with Gasteiger partial charge in [-0.3, -0.25) is 4.90 Å². The van der Waals surface area contributed by atoms with Crippen LogP contribution in [0.5, 0.6) is 0 Å². The van der Waals surface area contributed by atoms with E-state index in [9.17, 15) is 14.7 Å². The molecule has 0 unspecified atom stereocenters. The number of fused-ring (bicyclic) bond motifs is 3. The molecule has 2 atom stereocenters. The Balaban J connectivity index is 1.51. The summed E-state index contributed by atoms with van der Waals surface area (Å²) in [4.78, 5) is 25.6. The third-order valence-electron chi connectivity index (χ3n) is 5.74. The molecule has 1 aliphatic heterocycles. The first-order valence-corrected chi connectivity index (χ1v) is 9.55. The summed E-state index contributed by atoms with van der Waals surface area (Å²) in [5.74, 6) is -0.912. The lowest BCUT2D eigenvalue weighted by Crippen LogP contribution is -2.41. The van der Waals surface area contributed by atoms with Crippen LogP contribution in [0.3, 0.4) is 0 Å². The SMILES string of the molecule is C=CC[C@H]1C[C@@H](C(=O)O)N(C(=O)OCC2c3ccccc3-c3ccccc32)C1. The van der Waals surface area contributed by atoms with Crippen molar-refractivity contribution in [2.45, 2.75) is 24.8 Å². The van der Waals surface area contributed by atoms with Crippen LogP contribution < -0.4 is 0 Å². The van der Waals surface area contributed by atoms with Crippen LogP contribution >= 0.6 is 0 Å². The standard InChI is InChI=1S/C23H23NO4/c1-2-7-15-12-21(22(25)26)24(13-15)23(27)28-14-20-18-10-5-3-8-16(18)17-9-4-6-11-19(17)20/h2-6,8-11,15,20-21H,1,7,12-14H2,(H,25,26)/t15-,21-/m0/s1. The van der Waals surface area contributed by atoms with Gasteiger partial charge in [-0.15, -0.1) is 6.58 Å². The van der Waals surface area contributed by atoms with Gasteiger partial charge in [0.2, 0.25) is 0 Å². The van der Waals surface area contributed by atoms with E-state index in [1.54, 1.807) is 6.08 Å². The van der Waals surface area contributed by atoms with Gasteiger partial charge >= 0.3 is 12.1 Å². The van der Waals surface area contributed by atoms with Gasteiger partial charge in [-0.25, -0.2) is 9.59 Å². The van der Waals surface area contributed by atoms with E-state index >= 15 is 0 Å². The number of carbonyl (C=O) groups excluding carboxylic acids is 1. The van der Waals surface area contributed by atoms with E-state index in [0.717, 1.165) is 22.3 Å². The maximum atomic E-state index is 12.7. The lowest BCUT2D eigenvalue weighted by molar-refractivity contribution is -0.141. The van der Waals surface area contributed by atoms with Gasteiger partial charge in [0.05, 0.1) is 0 Å². The molecule has 2 aromatic carbocycles. The number of carboxylic acid groups (broad SMARTS) is 1. The number of ether oxygens (including phenoxy) is 1. The molecule has 28 heavy (non-hydrogen) atoms. The van der Waals surface area contributed by atoms with Crippen molar-refractivity contribution >= 4 is 12.1 Å². The first kappa shape index (κ1) is 18.3. The number of amides is 1. The minimum atomic E-state index is -0.986. The summed E-state index contributed by atoms with van der Waals surface area (Å²) in [6.45, 7) is 4.30. The van der Waals surface area contributed by atoms with Crippen molar-refractivity contribution in [3.05, 3.63) is 72.3 Å². The van der Waals surface area contributed by atoms with Crippen molar-refractivity contribution in [2.75, 3.05) is 13.2 Å². The highest BCUT2D eigenvalue weighted by atomic mass is 16.6. The summed E-state index contributed by atoms with van der Waals surface area (Å²) in [5.41, 5.74) is 4.60. The third kappa shape index (κ3) is 3.17. The maximum absolute atomic E-state index is 12.7. The topological polar surface area (TPSA) is 66.8 Å². The average molecular weight is 377 g/mol. The summed E-state index contributed by atoms with van der Waals surface area (Å²) >= 11 is 0. The number of allylic oxidation sites excluding steroid dienone is 1. The van der Waals surface area contributed by atoms with E-state index in [1.165, 1.54) is 4.90 Å². The number of likely N-dealkylation sites (tertiary alicyclic amines) is 1. The van der Waals surface area contributed by atoms with Crippen molar-refractivity contribution in [2.24, 2.45) is 5.92 Å². The Morgan fingerprint density at radius 2 is 1.71 bits per heavy atom. The van der Waals surface area contributed by atoms with Gasteiger partial charge in [-0.2, -0.15) is 0 Å². The summed E-state index contributed by atoms with van der Waals surface area (Å²) in [6.07, 6.45) is 2.34. The highest BCUT2D eigenvalue weighted by molar-refractivity contribution is 5.81. The number of hydrogen-bond acceptors (Lipinski definition) is 3. The normalized spacial score (nSPS) is 20.5. The Morgan fingerprint density at radius 1 is 1.11 bits per heavy atom. The summed E-state index contributed by atoms with van der Waals surface area (Å²) in [6, 6.07) is 15.4. The quantitative estimate of drug-likeness (QED) is 0.790. The fourth-order valence-corrected chi connectivity index (χ4v) is 4.44. The number of rotatable bonds is 5. The highest BCUT2D eigenvalue weighted by Crippen LogP contribution is 2.44. The van der Waals surface area contributed by atoms with Gasteiger partial charge in [-0.1, -0.05) is 54.6 Å². The zero-order valence-corrected chi connectivity index (χ0v) is 15.6. The predicted octanol–water partition coefficient (Wildman–Crippen LogP) is 4.29. The average Bonchev–Trinajstić information content (AvgIpc) is 3.26. The molecule has 2 aliphatic rings. The van der Waals surface area contributed by atoms with Crippen molar-refractivity contribution < 1.29 is 19.4 Å². The Bertz CT molecular complexity index is 877. The zero-order valence-electron chi connectivity index (χ0n) is 15.6. The van der Waals surface area contributed by atoms with Crippen LogP contribution in [0.15, 0.2) is 61.2 Å². The molecule has 0 spiro atoms. The second-order valence-electron chi connectivity index (χ2n) is 7.44. The molecule has 4 rings (SSSR count). The fraction of sp³-hybridized carbons (Fsp3) is 0.304. The summed E-state index contributed by atoms with van der Waals surface area (Å²) in [5, 5.41) is 9.48. The van der Waals surface area contributed by atoms with E-state index in [0.29, 0.717) is 19.4 Å². The number of benzene rings is 2. The van der Waals surface area contributed by atoms with Crippen LogP contribution in [0.25, 0.3) is 11.1 Å². The van der Waals surface area contributed by atoms with Gasteiger partial charge in [-0.05, 0) is 41.0 Å². The molecular formula is C23H23NO4. The van der Waals surface area contributed by atoms with Crippen LogP contribution in [-0.4, -0.2) is 41.3 Å². The van der Waals surface area contributed by atoms with Gasteiger partial charge < -0.3 is 9.84 Å². The maximum Gasteiger partial charge on any atom is 0.410 e. The molecule has 2 aromatic rings. The Labute approximate surface area is 164 Å². The lowest BCUT2D eigenvalue weighted by Gasteiger charge is -2.22. The number of carboxylic acids is 1. The molecule has 0 aromatic heterocycles. The molecule has 1 saturated heterocycles. The molecule has 0 bridgehead atoms. The molecule has 1 heterocycles. The Morgan fingerprint density at radius 3 is 2.29 bits per heavy atom. The fourth-order valence-electron chi connectivity index (χ4n) is 4.44. The van der Waals surface area contributed by atoms with Crippen LogP contribution in [0.4, 0.5) is 4.79 Å². The minimum Gasteiger partial charge on any atom is -0.480 e. The van der Waals surface area contributed by atoms with Gasteiger partial charge in [0.15, 0.2) is 0 Å². The van der Waals surface area contributed by atoms with Crippen molar-refractivity contribution in [1.29, 1.82) is 0 Å². The van der Waals surface area contributed by atoms with Crippen LogP contribution in [0.2, 0.25) is 0 Å². The van der Waals surface area contributed by atoms with Gasteiger partial charge in [0.25, 0.3) is 0 Å². The highest BCUT2D eigenvalue weighted by Gasteiger charge is 2.40. The minimum absolute atomic E-state index is 0.0359. The number of nitrogens with zero attached hydrogens (tertiary/aromatic N) is 1. The second-order valence-corrected chi connectivity index (χ2v) is 7.44. The molecule has 1 aliphatic carbocycles. The molecule has 1 N–H and O–H groups in total. The lowest BCUT2D eigenvalue weighted by atomic mass is 9.98. The largest absolute Gasteiger partial charge is 0.480 e. The van der Waals surface area contributed by atoms with E-state index in [2.05, 4.69) is 30.8 Å². The van der Waals surface area contributed by atoms with E-state index < -0.39 is 18.1 Å². The number of aliphatic carboxylic acids is 1. The molecular weight excluding hydrogens is 354 g/mol. The van der Waals surface area contributed by atoms with Crippen molar-refractivity contribution in [1.82, 2.24) is 4.90 Å². The van der Waals surface area contributed by atoms with Crippen molar-refractivity contribution in [3.8, 4) is 11.1 Å². The molecule has 5 nitrogen and oxygen atoms in total. The number of hydrogen-bond donors (Lipinski definition) is 1. The van der Waals surface area contributed by atoms with Crippen LogP contribution in [-0.2, 0) is 9.53 Å². The molecule has 0 saturated carbocycles. The second kappa shape index (κ2) is 7.50. The molecule has 1 amide bonds. The van der Waals surface area contributed by atoms with Crippen LogP contribution in [0.1, 0.15) is 29.9 Å².